The average Bonchev–Trinajstić information content (AvgIpc) is 3.61. The zero-order chi connectivity index (χ0) is 34.3. The molecular formula is C49H29NO2. The molecule has 0 radical (unpaired) electrons. The van der Waals surface area contributed by atoms with Gasteiger partial charge in [-0.2, -0.15) is 0 Å². The first kappa shape index (κ1) is 28.8. The van der Waals surface area contributed by atoms with E-state index in [1.807, 2.05) is 59.2 Å². The van der Waals surface area contributed by atoms with Crippen molar-refractivity contribution in [1.29, 1.82) is 0 Å². The van der Waals surface area contributed by atoms with E-state index in [9.17, 15) is 4.79 Å². The molecule has 52 heavy (non-hydrogen) atoms. The van der Waals surface area contributed by atoms with E-state index in [0.29, 0.717) is 5.39 Å². The maximum absolute atomic E-state index is 13.9. The van der Waals surface area contributed by atoms with E-state index in [0.717, 1.165) is 66.2 Å². The molecule has 0 aliphatic carbocycles. The Hall–Kier alpha value is -6.97. The Morgan fingerprint density at radius 1 is 0.385 bits per heavy atom. The Morgan fingerprint density at radius 3 is 1.63 bits per heavy atom. The van der Waals surface area contributed by atoms with Gasteiger partial charge in [-0.1, -0.05) is 133 Å². The molecule has 3 heteroatoms. The van der Waals surface area contributed by atoms with Crippen molar-refractivity contribution < 1.29 is 4.42 Å². The second-order valence-corrected chi connectivity index (χ2v) is 13.6. The molecule has 11 rings (SSSR count). The van der Waals surface area contributed by atoms with Gasteiger partial charge < -0.3 is 4.42 Å². The number of rotatable bonds is 3. The number of para-hydroxylation sites is 2. The first-order chi connectivity index (χ1) is 25.7. The highest BCUT2D eigenvalue weighted by atomic mass is 16.3. The Morgan fingerprint density at radius 2 is 0.904 bits per heavy atom. The van der Waals surface area contributed by atoms with Crippen LogP contribution in [0.2, 0.25) is 0 Å². The third-order valence-electron chi connectivity index (χ3n) is 10.8. The third-order valence-corrected chi connectivity index (χ3v) is 10.8. The molecule has 0 aliphatic rings. The van der Waals surface area contributed by atoms with Crippen LogP contribution in [-0.4, -0.2) is 4.57 Å². The van der Waals surface area contributed by atoms with Crippen molar-refractivity contribution in [3.63, 3.8) is 0 Å². The summed E-state index contributed by atoms with van der Waals surface area (Å²) in [5, 5.41) is 12.4. The van der Waals surface area contributed by atoms with Crippen molar-refractivity contribution in [3.8, 4) is 27.9 Å². The average molecular weight is 664 g/mol. The van der Waals surface area contributed by atoms with Gasteiger partial charge >= 0.3 is 0 Å². The molecule has 0 saturated carbocycles. The normalized spacial score (nSPS) is 11.9. The van der Waals surface area contributed by atoms with Gasteiger partial charge in [-0.25, -0.2) is 0 Å². The SMILES string of the molecule is O=c1c2ccccc2c2cc(-c3cccc4oc5c(-c6ccc7c8ccccc8c8ccccc8c7c6)cccc5c34)ccc2n1-c1ccccc1. The van der Waals surface area contributed by atoms with Crippen molar-refractivity contribution in [2.24, 2.45) is 0 Å². The largest absolute Gasteiger partial charge is 0.455 e. The number of fused-ring (bicyclic) bond motifs is 12. The van der Waals surface area contributed by atoms with Crippen molar-refractivity contribution in [3.05, 3.63) is 186 Å². The van der Waals surface area contributed by atoms with Crippen LogP contribution in [0.5, 0.6) is 0 Å². The van der Waals surface area contributed by atoms with Crippen LogP contribution >= 0.6 is 0 Å². The number of hydrogen-bond acceptors (Lipinski definition) is 2. The standard InChI is InChI=1S/C49H29NO2/c51-49-41-19-9-8-18-39(41)44-29-30(25-27-45(44)50(49)32-12-2-1-3-13-32)33-20-11-23-46-47(33)42-22-10-21-34(48(42)52-46)31-24-26-40-37-16-5-4-14-35(37)36-15-6-7-17-38(36)43(40)28-31/h1-29H. The van der Waals surface area contributed by atoms with E-state index in [1.54, 1.807) is 0 Å². The predicted molar refractivity (Wildman–Crippen MR) is 218 cm³/mol. The lowest BCUT2D eigenvalue weighted by atomic mass is 9.91. The molecule has 2 aromatic heterocycles. The smallest absolute Gasteiger partial charge is 0.263 e. The minimum Gasteiger partial charge on any atom is -0.455 e. The Labute approximate surface area is 298 Å². The van der Waals surface area contributed by atoms with Crippen molar-refractivity contribution in [2.45, 2.75) is 0 Å². The van der Waals surface area contributed by atoms with Gasteiger partial charge in [-0.3, -0.25) is 9.36 Å². The van der Waals surface area contributed by atoms with E-state index in [1.165, 1.54) is 32.3 Å². The molecule has 242 valence electrons. The molecule has 0 bridgehead atoms. The van der Waals surface area contributed by atoms with Crippen LogP contribution in [0, 0.1) is 0 Å². The predicted octanol–water partition coefficient (Wildman–Crippen LogP) is 12.8. The van der Waals surface area contributed by atoms with Crippen LogP contribution in [0.4, 0.5) is 0 Å². The van der Waals surface area contributed by atoms with Gasteiger partial charge in [0.1, 0.15) is 11.2 Å². The molecule has 2 heterocycles. The lowest BCUT2D eigenvalue weighted by Gasteiger charge is -2.15. The molecule has 3 nitrogen and oxygen atoms in total. The molecular weight excluding hydrogens is 635 g/mol. The van der Waals surface area contributed by atoms with E-state index < -0.39 is 0 Å². The number of hydrogen-bond donors (Lipinski definition) is 0. The van der Waals surface area contributed by atoms with Crippen LogP contribution in [0.3, 0.4) is 0 Å². The lowest BCUT2D eigenvalue weighted by Crippen LogP contribution is -2.19. The summed E-state index contributed by atoms with van der Waals surface area (Å²) in [5.41, 5.74) is 7.77. The number of furan rings is 1. The first-order valence-electron chi connectivity index (χ1n) is 17.6. The zero-order valence-corrected chi connectivity index (χ0v) is 28.0. The van der Waals surface area contributed by atoms with Gasteiger partial charge in [0.2, 0.25) is 0 Å². The van der Waals surface area contributed by atoms with E-state index >= 15 is 0 Å². The molecule has 0 saturated heterocycles. The van der Waals surface area contributed by atoms with Crippen LogP contribution in [-0.2, 0) is 0 Å². The van der Waals surface area contributed by atoms with Gasteiger partial charge in [-0.15, -0.1) is 0 Å². The zero-order valence-electron chi connectivity index (χ0n) is 28.0. The quantitative estimate of drug-likeness (QED) is 0.176. The van der Waals surface area contributed by atoms with Crippen molar-refractivity contribution in [1.82, 2.24) is 4.57 Å². The van der Waals surface area contributed by atoms with Crippen molar-refractivity contribution in [2.75, 3.05) is 0 Å². The van der Waals surface area contributed by atoms with E-state index in [4.69, 9.17) is 4.42 Å². The minimum absolute atomic E-state index is 0.0209. The minimum atomic E-state index is -0.0209. The fourth-order valence-electron chi connectivity index (χ4n) is 8.47. The number of pyridine rings is 1. The fraction of sp³-hybridized carbons (Fsp3) is 0. The molecule has 0 spiro atoms. The molecule has 9 aromatic carbocycles. The van der Waals surface area contributed by atoms with E-state index in [2.05, 4.69) is 121 Å². The summed E-state index contributed by atoms with van der Waals surface area (Å²) in [6, 6.07) is 61.2. The molecule has 0 atom stereocenters. The van der Waals surface area contributed by atoms with Gasteiger partial charge in [0.15, 0.2) is 0 Å². The summed E-state index contributed by atoms with van der Waals surface area (Å²) in [6.07, 6.45) is 0. The first-order valence-corrected chi connectivity index (χ1v) is 17.6. The molecule has 0 amide bonds. The number of nitrogens with zero attached hydrogens (tertiary/aromatic N) is 1. The van der Waals surface area contributed by atoms with Gasteiger partial charge in [0.05, 0.1) is 5.52 Å². The Bertz CT molecular complexity index is 3280. The Kier molecular flexibility index (Phi) is 6.11. The van der Waals surface area contributed by atoms with Crippen LogP contribution < -0.4 is 5.56 Å². The second kappa shape index (κ2) is 11.0. The molecule has 0 aliphatic heterocycles. The molecule has 0 fully saturated rings. The second-order valence-electron chi connectivity index (χ2n) is 13.6. The monoisotopic (exact) mass is 663 g/mol. The van der Waals surface area contributed by atoms with Crippen LogP contribution in [0.1, 0.15) is 0 Å². The summed E-state index contributed by atoms with van der Waals surface area (Å²) >= 11 is 0. The summed E-state index contributed by atoms with van der Waals surface area (Å²) in [4.78, 5) is 13.9. The topological polar surface area (TPSA) is 35.1 Å². The highest BCUT2D eigenvalue weighted by molar-refractivity contribution is 6.26. The number of benzene rings is 9. The van der Waals surface area contributed by atoms with E-state index in [-0.39, 0.29) is 5.56 Å². The highest BCUT2D eigenvalue weighted by Gasteiger charge is 2.19. The van der Waals surface area contributed by atoms with Gasteiger partial charge in [-0.05, 0) is 96.9 Å². The summed E-state index contributed by atoms with van der Waals surface area (Å²) < 4.78 is 8.61. The molecule has 0 N–H and O–H groups in total. The summed E-state index contributed by atoms with van der Waals surface area (Å²) in [7, 11) is 0. The highest BCUT2D eigenvalue weighted by Crippen LogP contribution is 2.43. The molecule has 11 aromatic rings. The van der Waals surface area contributed by atoms with Crippen LogP contribution in [0.25, 0.3) is 104 Å². The Balaban J connectivity index is 1.14. The van der Waals surface area contributed by atoms with Gasteiger partial charge in [0, 0.05) is 32.8 Å². The maximum Gasteiger partial charge on any atom is 0.263 e. The summed E-state index contributed by atoms with van der Waals surface area (Å²) in [6.45, 7) is 0. The van der Waals surface area contributed by atoms with Crippen LogP contribution in [0.15, 0.2) is 185 Å². The lowest BCUT2D eigenvalue weighted by molar-refractivity contribution is 0.670. The van der Waals surface area contributed by atoms with Gasteiger partial charge in [0.25, 0.3) is 5.56 Å². The van der Waals surface area contributed by atoms with Crippen molar-refractivity contribution >= 4 is 75.9 Å². The summed E-state index contributed by atoms with van der Waals surface area (Å²) in [5.74, 6) is 0. The fourth-order valence-corrected chi connectivity index (χ4v) is 8.47. The third kappa shape index (κ3) is 4.11. The maximum atomic E-state index is 13.9. The number of aromatic nitrogens is 1. The molecule has 0 unspecified atom stereocenters.